The Bertz CT molecular complexity index is 324. The van der Waals surface area contributed by atoms with Gasteiger partial charge in [-0.3, -0.25) is 4.79 Å². The van der Waals surface area contributed by atoms with Crippen molar-refractivity contribution in [2.24, 2.45) is 0 Å². The molecule has 0 aromatic heterocycles. The molecule has 0 unspecified atom stereocenters. The van der Waals surface area contributed by atoms with E-state index in [1.54, 1.807) is 0 Å². The summed E-state index contributed by atoms with van der Waals surface area (Å²) in [5, 5.41) is 0. The number of rotatable bonds is 2. The predicted octanol–water partition coefficient (Wildman–Crippen LogP) is 2.84. The molecule has 0 amide bonds. The molecule has 0 atom stereocenters. The van der Waals surface area contributed by atoms with E-state index < -0.39 is 0 Å². The van der Waals surface area contributed by atoms with E-state index >= 15 is 0 Å². The van der Waals surface area contributed by atoms with Gasteiger partial charge >= 0.3 is 0 Å². The number of benzene rings is 1. The molecule has 0 saturated heterocycles. The summed E-state index contributed by atoms with van der Waals surface area (Å²) in [7, 11) is 0. The van der Waals surface area contributed by atoms with Gasteiger partial charge in [-0.1, -0.05) is 29.8 Å². The number of allylic oxidation sites excluding steroid dienone is 1. The maximum absolute atomic E-state index is 10.6. The lowest BCUT2D eigenvalue weighted by molar-refractivity contribution is 0.112. The Balaban J connectivity index is 3.29. The highest BCUT2D eigenvalue weighted by Gasteiger charge is 2.01. The van der Waals surface area contributed by atoms with Crippen LogP contribution >= 0.6 is 0 Å². The van der Waals surface area contributed by atoms with Gasteiger partial charge in [0, 0.05) is 5.56 Å². The number of hydrogen-bond acceptors (Lipinski definition) is 1. The highest BCUT2D eigenvalue weighted by Crippen LogP contribution is 2.16. The SMILES string of the molecule is C=C(C)c1ccc(C)cc1C=O. The fourth-order valence-corrected chi connectivity index (χ4v) is 1.17. The van der Waals surface area contributed by atoms with Gasteiger partial charge in [0.05, 0.1) is 0 Å². The van der Waals surface area contributed by atoms with Crippen LogP contribution in [-0.2, 0) is 0 Å². The Morgan fingerprint density at radius 2 is 2.17 bits per heavy atom. The Morgan fingerprint density at radius 3 is 2.67 bits per heavy atom. The van der Waals surface area contributed by atoms with Gasteiger partial charge in [-0.25, -0.2) is 0 Å². The second-order valence-electron chi connectivity index (χ2n) is 2.99. The molecular weight excluding hydrogens is 148 g/mol. The van der Waals surface area contributed by atoms with Crippen molar-refractivity contribution in [2.75, 3.05) is 0 Å². The molecule has 0 heterocycles. The first-order valence-electron chi connectivity index (χ1n) is 3.87. The largest absolute Gasteiger partial charge is 0.298 e. The third kappa shape index (κ3) is 1.62. The summed E-state index contributed by atoms with van der Waals surface area (Å²) in [6.07, 6.45) is 0.872. The average Bonchev–Trinajstić information content (AvgIpc) is 2.03. The maximum atomic E-state index is 10.6. The van der Waals surface area contributed by atoms with Gasteiger partial charge in [-0.2, -0.15) is 0 Å². The molecule has 0 spiro atoms. The van der Waals surface area contributed by atoms with Crippen LogP contribution in [-0.4, -0.2) is 6.29 Å². The van der Waals surface area contributed by atoms with Crippen molar-refractivity contribution < 1.29 is 4.79 Å². The molecule has 1 nitrogen and oxygen atoms in total. The van der Waals surface area contributed by atoms with Crippen LogP contribution < -0.4 is 0 Å². The molecule has 62 valence electrons. The minimum absolute atomic E-state index is 0.725. The van der Waals surface area contributed by atoms with E-state index in [-0.39, 0.29) is 0 Å². The molecule has 1 heteroatoms. The van der Waals surface area contributed by atoms with Crippen LogP contribution in [0.2, 0.25) is 0 Å². The number of aldehydes is 1. The lowest BCUT2D eigenvalue weighted by Gasteiger charge is -2.03. The van der Waals surface area contributed by atoms with Gasteiger partial charge in [0.2, 0.25) is 0 Å². The zero-order valence-corrected chi connectivity index (χ0v) is 7.42. The fraction of sp³-hybridized carbons (Fsp3) is 0.182. The Hall–Kier alpha value is -1.37. The first-order valence-corrected chi connectivity index (χ1v) is 3.87. The van der Waals surface area contributed by atoms with Crippen LogP contribution in [0.4, 0.5) is 0 Å². The van der Waals surface area contributed by atoms with E-state index in [9.17, 15) is 4.79 Å². The molecule has 0 N–H and O–H groups in total. The molecule has 0 aliphatic rings. The maximum Gasteiger partial charge on any atom is 0.150 e. The molecule has 0 radical (unpaired) electrons. The summed E-state index contributed by atoms with van der Waals surface area (Å²) in [4.78, 5) is 10.6. The smallest absolute Gasteiger partial charge is 0.150 e. The third-order valence-electron chi connectivity index (χ3n) is 1.79. The third-order valence-corrected chi connectivity index (χ3v) is 1.79. The van der Waals surface area contributed by atoms with Crippen molar-refractivity contribution in [3.05, 3.63) is 41.5 Å². The Morgan fingerprint density at radius 1 is 1.50 bits per heavy atom. The molecule has 1 rings (SSSR count). The van der Waals surface area contributed by atoms with Gasteiger partial charge in [0.15, 0.2) is 6.29 Å². The van der Waals surface area contributed by atoms with Crippen LogP contribution in [0.5, 0.6) is 0 Å². The highest BCUT2D eigenvalue weighted by molar-refractivity contribution is 5.84. The molecule has 1 aromatic rings. The summed E-state index contributed by atoms with van der Waals surface area (Å²) < 4.78 is 0. The van der Waals surface area contributed by atoms with E-state index in [0.29, 0.717) is 0 Å². The minimum Gasteiger partial charge on any atom is -0.298 e. The van der Waals surface area contributed by atoms with Gasteiger partial charge < -0.3 is 0 Å². The predicted molar refractivity (Wildman–Crippen MR) is 51.3 cm³/mol. The summed E-state index contributed by atoms with van der Waals surface area (Å²) in [5.41, 5.74) is 3.69. The summed E-state index contributed by atoms with van der Waals surface area (Å²) >= 11 is 0. The van der Waals surface area contributed by atoms with Gasteiger partial charge in [-0.05, 0) is 25.5 Å². The van der Waals surface area contributed by atoms with Crippen molar-refractivity contribution in [1.82, 2.24) is 0 Å². The van der Waals surface area contributed by atoms with E-state index in [0.717, 1.165) is 28.5 Å². The fourth-order valence-electron chi connectivity index (χ4n) is 1.17. The number of aryl methyl sites for hydroxylation is 1. The molecule has 0 aliphatic carbocycles. The van der Waals surface area contributed by atoms with E-state index in [2.05, 4.69) is 6.58 Å². The molecule has 0 bridgehead atoms. The molecular formula is C11H12O. The Labute approximate surface area is 72.7 Å². The van der Waals surface area contributed by atoms with Crippen LogP contribution in [0, 0.1) is 6.92 Å². The zero-order chi connectivity index (χ0) is 9.14. The van der Waals surface area contributed by atoms with Gasteiger partial charge in [0.25, 0.3) is 0 Å². The van der Waals surface area contributed by atoms with Crippen molar-refractivity contribution in [2.45, 2.75) is 13.8 Å². The van der Waals surface area contributed by atoms with Crippen molar-refractivity contribution in [1.29, 1.82) is 0 Å². The standard InChI is InChI=1S/C11H12O/c1-8(2)11-5-4-9(3)6-10(11)7-12/h4-7H,1H2,2-3H3. The van der Waals surface area contributed by atoms with Crippen molar-refractivity contribution in [3.63, 3.8) is 0 Å². The van der Waals surface area contributed by atoms with Crippen molar-refractivity contribution in [3.8, 4) is 0 Å². The minimum atomic E-state index is 0.725. The average molecular weight is 160 g/mol. The molecule has 0 saturated carbocycles. The second kappa shape index (κ2) is 3.35. The topological polar surface area (TPSA) is 17.1 Å². The lowest BCUT2D eigenvalue weighted by Crippen LogP contribution is -1.89. The monoisotopic (exact) mass is 160 g/mol. The van der Waals surface area contributed by atoms with Gasteiger partial charge in [-0.15, -0.1) is 0 Å². The number of carbonyl (C=O) groups is 1. The first-order chi connectivity index (χ1) is 5.65. The highest BCUT2D eigenvalue weighted by atomic mass is 16.1. The van der Waals surface area contributed by atoms with E-state index in [1.807, 2.05) is 32.0 Å². The first kappa shape index (κ1) is 8.72. The molecule has 0 fully saturated rings. The Kier molecular flexibility index (Phi) is 2.44. The normalized spacial score (nSPS) is 9.50. The van der Waals surface area contributed by atoms with Gasteiger partial charge in [0.1, 0.15) is 0 Å². The lowest BCUT2D eigenvalue weighted by atomic mass is 10.0. The quantitative estimate of drug-likeness (QED) is 0.608. The molecule has 12 heavy (non-hydrogen) atoms. The van der Waals surface area contributed by atoms with Crippen LogP contribution in [0.3, 0.4) is 0 Å². The summed E-state index contributed by atoms with van der Waals surface area (Å²) in [5.74, 6) is 0. The van der Waals surface area contributed by atoms with E-state index in [1.165, 1.54) is 0 Å². The van der Waals surface area contributed by atoms with Crippen molar-refractivity contribution >= 4 is 11.9 Å². The van der Waals surface area contributed by atoms with E-state index in [4.69, 9.17) is 0 Å². The van der Waals surface area contributed by atoms with Crippen LogP contribution in [0.1, 0.15) is 28.4 Å². The number of carbonyl (C=O) groups excluding carboxylic acids is 1. The van der Waals surface area contributed by atoms with Crippen LogP contribution in [0.25, 0.3) is 5.57 Å². The summed E-state index contributed by atoms with van der Waals surface area (Å²) in [6, 6.07) is 5.79. The second-order valence-corrected chi connectivity index (χ2v) is 2.99. The zero-order valence-electron chi connectivity index (χ0n) is 7.42. The molecule has 0 aliphatic heterocycles. The number of hydrogen-bond donors (Lipinski definition) is 0. The van der Waals surface area contributed by atoms with Crippen LogP contribution in [0.15, 0.2) is 24.8 Å². The molecule has 1 aromatic carbocycles. The summed E-state index contributed by atoms with van der Waals surface area (Å²) in [6.45, 7) is 7.67.